The normalized spacial score (nSPS) is 10.7. The minimum Gasteiger partial charge on any atom is -0.451 e. The van der Waals surface area contributed by atoms with Gasteiger partial charge in [-0.05, 0) is 38.1 Å². The second-order valence-electron chi connectivity index (χ2n) is 7.38. The summed E-state index contributed by atoms with van der Waals surface area (Å²) in [4.78, 5) is 29.4. The van der Waals surface area contributed by atoms with E-state index in [1.165, 1.54) is 0 Å². The Morgan fingerprint density at radius 3 is 2.09 bits per heavy atom. The maximum absolute atomic E-state index is 12.7. The molecule has 160 valence electrons. The summed E-state index contributed by atoms with van der Waals surface area (Å²) in [5, 5.41) is 4.38. The molecule has 32 heavy (non-hydrogen) atoms. The Labute approximate surface area is 194 Å². The van der Waals surface area contributed by atoms with Crippen LogP contribution in [0.3, 0.4) is 0 Å². The van der Waals surface area contributed by atoms with Crippen LogP contribution >= 0.6 is 15.9 Å². The molecule has 0 N–H and O–H groups in total. The number of halogens is 1. The SMILES string of the molecule is Cc1ccc(-c2nc(C(=O)OCC(=O)c3ccc(Br)cc3)nn2-c2ccc(C)cc2)cc1. The van der Waals surface area contributed by atoms with Crippen LogP contribution in [0.2, 0.25) is 0 Å². The van der Waals surface area contributed by atoms with Crippen LogP contribution in [0, 0.1) is 13.8 Å². The first-order valence-electron chi connectivity index (χ1n) is 9.98. The lowest BCUT2D eigenvalue weighted by Gasteiger charge is -2.06. The number of carbonyl (C=O) groups is 2. The van der Waals surface area contributed by atoms with E-state index in [2.05, 4.69) is 26.0 Å². The molecule has 4 aromatic rings. The molecular weight excluding hydrogens is 470 g/mol. The van der Waals surface area contributed by atoms with Gasteiger partial charge in [-0.3, -0.25) is 4.79 Å². The molecule has 0 aliphatic carbocycles. The number of ketones is 1. The van der Waals surface area contributed by atoms with Crippen LogP contribution in [-0.2, 0) is 4.74 Å². The lowest BCUT2D eigenvalue weighted by molar-refractivity contribution is 0.0462. The van der Waals surface area contributed by atoms with Gasteiger partial charge >= 0.3 is 5.97 Å². The van der Waals surface area contributed by atoms with Crippen molar-refractivity contribution in [1.29, 1.82) is 0 Å². The van der Waals surface area contributed by atoms with Gasteiger partial charge in [0.2, 0.25) is 0 Å². The average Bonchev–Trinajstić information content (AvgIpc) is 3.24. The third-order valence-electron chi connectivity index (χ3n) is 4.88. The molecular formula is C25H20BrN3O3. The molecule has 1 aromatic heterocycles. The molecule has 4 rings (SSSR count). The summed E-state index contributed by atoms with van der Waals surface area (Å²) in [7, 11) is 0. The first-order valence-corrected chi connectivity index (χ1v) is 10.8. The third-order valence-corrected chi connectivity index (χ3v) is 5.41. The van der Waals surface area contributed by atoms with E-state index < -0.39 is 5.97 Å². The van der Waals surface area contributed by atoms with Gasteiger partial charge in [0.15, 0.2) is 18.2 Å². The fourth-order valence-corrected chi connectivity index (χ4v) is 3.33. The number of esters is 1. The third kappa shape index (κ3) is 4.84. The predicted octanol–water partition coefficient (Wildman–Crippen LogP) is 5.35. The number of aryl methyl sites for hydroxylation is 2. The molecule has 0 aliphatic heterocycles. The summed E-state index contributed by atoms with van der Waals surface area (Å²) < 4.78 is 7.68. The average molecular weight is 490 g/mol. The van der Waals surface area contributed by atoms with Crippen LogP contribution in [0.1, 0.15) is 32.1 Å². The molecule has 0 radical (unpaired) electrons. The summed E-state index contributed by atoms with van der Waals surface area (Å²) in [6.45, 7) is 3.61. The molecule has 0 saturated heterocycles. The second kappa shape index (κ2) is 9.28. The second-order valence-corrected chi connectivity index (χ2v) is 8.29. The van der Waals surface area contributed by atoms with E-state index in [0.717, 1.165) is 26.9 Å². The van der Waals surface area contributed by atoms with Crippen LogP contribution in [0.15, 0.2) is 77.3 Å². The van der Waals surface area contributed by atoms with Gasteiger partial charge in [-0.2, -0.15) is 0 Å². The highest BCUT2D eigenvalue weighted by molar-refractivity contribution is 9.10. The molecule has 0 saturated carbocycles. The van der Waals surface area contributed by atoms with Crippen molar-refractivity contribution in [3.63, 3.8) is 0 Å². The number of hydrogen-bond donors (Lipinski definition) is 0. The smallest absolute Gasteiger partial charge is 0.378 e. The zero-order valence-corrected chi connectivity index (χ0v) is 19.2. The standard InChI is InChI=1S/C25H20BrN3O3/c1-16-3-7-19(8-4-16)24-27-23(28-29(24)21-13-5-17(2)6-14-21)25(31)32-15-22(30)18-9-11-20(26)12-10-18/h3-14H,15H2,1-2H3. The van der Waals surface area contributed by atoms with Gasteiger partial charge in [-0.1, -0.05) is 75.6 Å². The molecule has 7 heteroatoms. The van der Waals surface area contributed by atoms with Crippen molar-refractivity contribution in [1.82, 2.24) is 14.8 Å². The molecule has 3 aromatic carbocycles. The number of hydrogen-bond acceptors (Lipinski definition) is 5. The highest BCUT2D eigenvalue weighted by Crippen LogP contribution is 2.22. The van der Waals surface area contributed by atoms with Gasteiger partial charge in [0, 0.05) is 15.6 Å². The minimum absolute atomic E-state index is 0.107. The fourth-order valence-electron chi connectivity index (χ4n) is 3.07. The van der Waals surface area contributed by atoms with Gasteiger partial charge in [0.1, 0.15) is 0 Å². The van der Waals surface area contributed by atoms with Gasteiger partial charge in [0.05, 0.1) is 5.69 Å². The number of rotatable bonds is 6. The van der Waals surface area contributed by atoms with E-state index >= 15 is 0 Å². The molecule has 6 nitrogen and oxygen atoms in total. The van der Waals surface area contributed by atoms with Crippen LogP contribution in [0.25, 0.3) is 17.1 Å². The van der Waals surface area contributed by atoms with Crippen molar-refractivity contribution in [3.05, 3.63) is 99.8 Å². The van der Waals surface area contributed by atoms with Crippen molar-refractivity contribution < 1.29 is 14.3 Å². The van der Waals surface area contributed by atoms with E-state index in [4.69, 9.17) is 4.74 Å². The summed E-state index contributed by atoms with van der Waals surface area (Å²) >= 11 is 3.33. The number of nitrogens with zero attached hydrogens (tertiary/aromatic N) is 3. The Balaban J connectivity index is 1.60. The van der Waals surface area contributed by atoms with Crippen molar-refractivity contribution in [2.75, 3.05) is 6.61 Å². The number of Topliss-reactive ketones (excluding diaryl/α,β-unsaturated/α-hetero) is 1. The quantitative estimate of drug-likeness (QED) is 0.269. The number of carbonyl (C=O) groups excluding carboxylic acids is 2. The lowest BCUT2D eigenvalue weighted by atomic mass is 10.1. The van der Waals surface area contributed by atoms with Crippen molar-refractivity contribution in [3.8, 4) is 17.1 Å². The first-order chi connectivity index (χ1) is 15.4. The van der Waals surface area contributed by atoms with Crippen molar-refractivity contribution >= 4 is 27.7 Å². The molecule has 0 spiro atoms. The van der Waals surface area contributed by atoms with E-state index in [-0.39, 0.29) is 18.2 Å². The van der Waals surface area contributed by atoms with Crippen molar-refractivity contribution in [2.24, 2.45) is 0 Å². The Hall–Kier alpha value is -3.58. The largest absolute Gasteiger partial charge is 0.451 e. The van der Waals surface area contributed by atoms with Gasteiger partial charge in [-0.25, -0.2) is 14.5 Å². The van der Waals surface area contributed by atoms with Crippen LogP contribution < -0.4 is 0 Å². The molecule has 0 fully saturated rings. The van der Waals surface area contributed by atoms with Gasteiger partial charge in [-0.15, -0.1) is 5.10 Å². The van der Waals surface area contributed by atoms with Crippen LogP contribution in [-0.4, -0.2) is 33.1 Å². The van der Waals surface area contributed by atoms with Crippen LogP contribution in [0.4, 0.5) is 0 Å². The molecule has 0 amide bonds. The van der Waals surface area contributed by atoms with Gasteiger partial charge < -0.3 is 4.74 Å². The lowest BCUT2D eigenvalue weighted by Crippen LogP contribution is -2.15. The van der Waals surface area contributed by atoms with E-state index in [1.54, 1.807) is 28.9 Å². The van der Waals surface area contributed by atoms with E-state index in [9.17, 15) is 9.59 Å². The summed E-state index contributed by atoms with van der Waals surface area (Å²) in [6, 6.07) is 22.4. The Morgan fingerprint density at radius 1 is 0.875 bits per heavy atom. The molecule has 1 heterocycles. The predicted molar refractivity (Wildman–Crippen MR) is 125 cm³/mol. The van der Waals surface area contributed by atoms with E-state index in [0.29, 0.717) is 11.4 Å². The first kappa shape index (κ1) is 21.6. The molecule has 0 atom stereocenters. The monoisotopic (exact) mass is 489 g/mol. The van der Waals surface area contributed by atoms with Gasteiger partial charge in [0.25, 0.3) is 5.82 Å². The number of benzene rings is 3. The molecule has 0 bridgehead atoms. The Kier molecular flexibility index (Phi) is 6.28. The fraction of sp³-hybridized carbons (Fsp3) is 0.120. The Morgan fingerprint density at radius 2 is 1.47 bits per heavy atom. The Bertz CT molecular complexity index is 1200. The maximum Gasteiger partial charge on any atom is 0.378 e. The minimum atomic E-state index is -0.755. The van der Waals surface area contributed by atoms with Crippen LogP contribution in [0.5, 0.6) is 0 Å². The number of aromatic nitrogens is 3. The van der Waals surface area contributed by atoms with E-state index in [1.807, 2.05) is 62.4 Å². The summed E-state index contributed by atoms with van der Waals surface area (Å²) in [6.07, 6.45) is 0. The molecule has 0 aliphatic rings. The maximum atomic E-state index is 12.7. The zero-order valence-electron chi connectivity index (χ0n) is 17.6. The number of ether oxygens (including phenoxy) is 1. The summed E-state index contributed by atoms with van der Waals surface area (Å²) in [5.41, 5.74) is 4.26. The molecule has 0 unspecified atom stereocenters. The van der Waals surface area contributed by atoms with Crippen molar-refractivity contribution in [2.45, 2.75) is 13.8 Å². The zero-order chi connectivity index (χ0) is 22.7. The highest BCUT2D eigenvalue weighted by atomic mass is 79.9. The summed E-state index contributed by atoms with van der Waals surface area (Å²) in [5.74, 6) is -0.651. The highest BCUT2D eigenvalue weighted by Gasteiger charge is 2.21. The topological polar surface area (TPSA) is 74.1 Å².